The lowest BCUT2D eigenvalue weighted by atomic mass is 10.2. The number of hydrogen-bond acceptors (Lipinski definition) is 3. The van der Waals surface area contributed by atoms with Crippen molar-refractivity contribution < 1.29 is 19.8 Å². The van der Waals surface area contributed by atoms with Crippen LogP contribution in [0.15, 0.2) is 12.2 Å². The smallest absolute Gasteiger partial charge is 0.303 e. The summed E-state index contributed by atoms with van der Waals surface area (Å²) in [6, 6.07) is -0.0726. The van der Waals surface area contributed by atoms with Crippen LogP contribution >= 0.6 is 0 Å². The molecule has 1 unspecified atom stereocenters. The molecule has 1 saturated heterocycles. The SMILES string of the molecule is O=C(O)CCC=CCN1C(=O)CCC1CO. The summed E-state index contributed by atoms with van der Waals surface area (Å²) in [4.78, 5) is 23.3. The molecule has 1 atom stereocenters. The number of likely N-dealkylation sites (tertiary alicyclic amines) is 1. The van der Waals surface area contributed by atoms with E-state index in [1.165, 1.54) is 0 Å². The van der Waals surface area contributed by atoms with E-state index in [1.54, 1.807) is 17.1 Å². The summed E-state index contributed by atoms with van der Waals surface area (Å²) in [6.07, 6.45) is 5.32. The number of hydrogen-bond donors (Lipinski definition) is 2. The number of aliphatic hydroxyl groups is 1. The third-order valence-electron chi connectivity index (χ3n) is 2.66. The van der Waals surface area contributed by atoms with Crippen LogP contribution in [0.2, 0.25) is 0 Å². The number of amides is 1. The minimum Gasteiger partial charge on any atom is -0.481 e. The van der Waals surface area contributed by atoms with Crippen molar-refractivity contribution in [2.45, 2.75) is 31.7 Å². The molecule has 0 aliphatic carbocycles. The van der Waals surface area contributed by atoms with Crippen LogP contribution in [0.1, 0.15) is 25.7 Å². The lowest BCUT2D eigenvalue weighted by molar-refractivity contribution is -0.137. The zero-order chi connectivity index (χ0) is 12.0. The maximum Gasteiger partial charge on any atom is 0.303 e. The van der Waals surface area contributed by atoms with Gasteiger partial charge in [-0.05, 0) is 12.8 Å². The van der Waals surface area contributed by atoms with Gasteiger partial charge >= 0.3 is 5.97 Å². The molecule has 90 valence electrons. The van der Waals surface area contributed by atoms with Crippen LogP contribution in [-0.4, -0.2) is 46.2 Å². The molecular weight excluding hydrogens is 210 g/mol. The number of nitrogens with zero attached hydrogens (tertiary/aromatic N) is 1. The monoisotopic (exact) mass is 227 g/mol. The van der Waals surface area contributed by atoms with Crippen LogP contribution in [0.4, 0.5) is 0 Å². The second kappa shape index (κ2) is 6.27. The molecule has 2 N–H and O–H groups in total. The Morgan fingerprint density at radius 1 is 1.50 bits per heavy atom. The predicted molar refractivity (Wildman–Crippen MR) is 57.8 cm³/mol. The van der Waals surface area contributed by atoms with E-state index in [0.717, 1.165) is 0 Å². The Kier molecular flexibility index (Phi) is 4.98. The van der Waals surface area contributed by atoms with E-state index in [4.69, 9.17) is 10.2 Å². The molecule has 0 aromatic rings. The summed E-state index contributed by atoms with van der Waals surface area (Å²) in [5.74, 6) is -0.767. The van der Waals surface area contributed by atoms with Gasteiger partial charge in [-0.25, -0.2) is 0 Å². The van der Waals surface area contributed by atoms with Gasteiger partial charge in [-0.1, -0.05) is 12.2 Å². The predicted octanol–water partition coefficient (Wildman–Crippen LogP) is 0.391. The van der Waals surface area contributed by atoms with Crippen molar-refractivity contribution in [1.82, 2.24) is 4.90 Å². The van der Waals surface area contributed by atoms with E-state index in [0.29, 0.717) is 25.8 Å². The Balaban J connectivity index is 2.30. The molecule has 1 aliphatic heterocycles. The van der Waals surface area contributed by atoms with Crippen molar-refractivity contribution in [3.63, 3.8) is 0 Å². The van der Waals surface area contributed by atoms with Crippen LogP contribution in [0.25, 0.3) is 0 Å². The van der Waals surface area contributed by atoms with Crippen LogP contribution in [-0.2, 0) is 9.59 Å². The van der Waals surface area contributed by atoms with Crippen molar-refractivity contribution in [3.05, 3.63) is 12.2 Å². The molecule has 0 saturated carbocycles. The number of aliphatic carboxylic acids is 1. The molecule has 0 bridgehead atoms. The molecule has 0 radical (unpaired) electrons. The normalized spacial score (nSPS) is 20.9. The quantitative estimate of drug-likeness (QED) is 0.643. The summed E-state index contributed by atoms with van der Waals surface area (Å²) in [6.45, 7) is 0.457. The standard InChI is InChI=1S/C11H17NO4/c13-8-9-5-6-10(14)12(9)7-3-1-2-4-11(15)16/h1,3,9,13H,2,4-8H2,(H,15,16). The molecule has 1 fully saturated rings. The molecule has 5 heteroatoms. The maximum atomic E-state index is 11.4. The van der Waals surface area contributed by atoms with E-state index >= 15 is 0 Å². The Morgan fingerprint density at radius 2 is 2.25 bits per heavy atom. The molecule has 1 rings (SSSR count). The largest absolute Gasteiger partial charge is 0.481 e. The third kappa shape index (κ3) is 3.66. The van der Waals surface area contributed by atoms with E-state index in [-0.39, 0.29) is 25.0 Å². The van der Waals surface area contributed by atoms with E-state index in [1.807, 2.05) is 0 Å². The van der Waals surface area contributed by atoms with Gasteiger partial charge in [0.25, 0.3) is 0 Å². The molecule has 5 nitrogen and oxygen atoms in total. The van der Waals surface area contributed by atoms with Crippen molar-refractivity contribution in [2.24, 2.45) is 0 Å². The third-order valence-corrected chi connectivity index (χ3v) is 2.66. The maximum absolute atomic E-state index is 11.4. The number of rotatable bonds is 6. The van der Waals surface area contributed by atoms with Gasteiger partial charge in [-0.15, -0.1) is 0 Å². The number of carboxylic acid groups (broad SMARTS) is 1. The zero-order valence-corrected chi connectivity index (χ0v) is 9.13. The van der Waals surface area contributed by atoms with E-state index < -0.39 is 5.97 Å². The fourth-order valence-corrected chi connectivity index (χ4v) is 1.75. The van der Waals surface area contributed by atoms with Crippen LogP contribution in [0.3, 0.4) is 0 Å². The molecule has 0 spiro atoms. The van der Waals surface area contributed by atoms with Gasteiger partial charge in [0.05, 0.1) is 12.6 Å². The van der Waals surface area contributed by atoms with Crippen molar-refractivity contribution in [1.29, 1.82) is 0 Å². The van der Waals surface area contributed by atoms with Crippen molar-refractivity contribution >= 4 is 11.9 Å². The molecule has 0 aromatic carbocycles. The van der Waals surface area contributed by atoms with Gasteiger partial charge in [0.15, 0.2) is 0 Å². The minimum absolute atomic E-state index is 0.00525. The lowest BCUT2D eigenvalue weighted by Crippen LogP contribution is -2.35. The summed E-state index contributed by atoms with van der Waals surface area (Å²) >= 11 is 0. The first-order chi connectivity index (χ1) is 7.65. The highest BCUT2D eigenvalue weighted by molar-refractivity contribution is 5.78. The number of carboxylic acids is 1. The Hall–Kier alpha value is -1.36. The molecule has 16 heavy (non-hydrogen) atoms. The van der Waals surface area contributed by atoms with Crippen molar-refractivity contribution in [3.8, 4) is 0 Å². The van der Waals surface area contributed by atoms with E-state index in [2.05, 4.69) is 0 Å². The fourth-order valence-electron chi connectivity index (χ4n) is 1.75. The van der Waals surface area contributed by atoms with Gasteiger partial charge in [0.2, 0.25) is 5.91 Å². The van der Waals surface area contributed by atoms with Crippen LogP contribution < -0.4 is 0 Å². The Labute approximate surface area is 94.4 Å². The zero-order valence-electron chi connectivity index (χ0n) is 9.13. The molecule has 1 heterocycles. The topological polar surface area (TPSA) is 77.8 Å². The van der Waals surface area contributed by atoms with Gasteiger partial charge in [0.1, 0.15) is 0 Å². The van der Waals surface area contributed by atoms with Crippen LogP contribution in [0.5, 0.6) is 0 Å². The highest BCUT2D eigenvalue weighted by atomic mass is 16.4. The Bertz CT molecular complexity index is 288. The summed E-state index contributed by atoms with van der Waals surface area (Å²) in [5, 5.41) is 17.4. The highest BCUT2D eigenvalue weighted by Gasteiger charge is 2.28. The lowest BCUT2D eigenvalue weighted by Gasteiger charge is -2.21. The molecule has 1 amide bonds. The first-order valence-corrected chi connectivity index (χ1v) is 5.42. The molecule has 1 aliphatic rings. The fraction of sp³-hybridized carbons (Fsp3) is 0.636. The molecule has 0 aromatic heterocycles. The second-order valence-corrected chi connectivity index (χ2v) is 3.82. The second-order valence-electron chi connectivity index (χ2n) is 3.82. The number of allylic oxidation sites excluding steroid dienone is 1. The summed E-state index contributed by atoms with van der Waals surface area (Å²) in [5.41, 5.74) is 0. The summed E-state index contributed by atoms with van der Waals surface area (Å²) < 4.78 is 0. The van der Waals surface area contributed by atoms with Crippen molar-refractivity contribution in [2.75, 3.05) is 13.2 Å². The van der Waals surface area contributed by atoms with Gasteiger partial charge in [-0.3, -0.25) is 9.59 Å². The van der Waals surface area contributed by atoms with Gasteiger partial charge < -0.3 is 15.1 Å². The average molecular weight is 227 g/mol. The summed E-state index contributed by atoms with van der Waals surface area (Å²) in [7, 11) is 0. The number of carbonyl (C=O) groups excluding carboxylic acids is 1. The van der Waals surface area contributed by atoms with Crippen LogP contribution in [0, 0.1) is 0 Å². The number of aliphatic hydroxyl groups excluding tert-OH is 1. The molecular formula is C11H17NO4. The van der Waals surface area contributed by atoms with E-state index in [9.17, 15) is 9.59 Å². The number of carbonyl (C=O) groups is 2. The highest BCUT2D eigenvalue weighted by Crippen LogP contribution is 2.17. The first kappa shape index (κ1) is 12.7. The van der Waals surface area contributed by atoms with Gasteiger partial charge in [-0.2, -0.15) is 0 Å². The Morgan fingerprint density at radius 3 is 2.88 bits per heavy atom. The minimum atomic E-state index is -0.824. The average Bonchev–Trinajstić information content (AvgIpc) is 2.59. The van der Waals surface area contributed by atoms with Gasteiger partial charge in [0, 0.05) is 19.4 Å². The first-order valence-electron chi connectivity index (χ1n) is 5.42.